The van der Waals surface area contributed by atoms with Crippen LogP contribution >= 0.6 is 15.9 Å². The van der Waals surface area contributed by atoms with Crippen LogP contribution in [0.3, 0.4) is 0 Å². The van der Waals surface area contributed by atoms with Crippen LogP contribution in [0.1, 0.15) is 5.56 Å². The van der Waals surface area contributed by atoms with Crippen molar-refractivity contribution < 1.29 is 4.42 Å². The van der Waals surface area contributed by atoms with Crippen LogP contribution in [0.25, 0.3) is 0 Å². The molecule has 4 N–H and O–H groups in total. The summed E-state index contributed by atoms with van der Waals surface area (Å²) in [4.78, 5) is 8.04. The lowest BCUT2D eigenvalue weighted by atomic mass is 10.3. The van der Waals surface area contributed by atoms with Gasteiger partial charge in [0.1, 0.15) is 16.6 Å². The third kappa shape index (κ3) is 2.31. The van der Waals surface area contributed by atoms with E-state index in [-0.39, 0.29) is 0 Å². The van der Waals surface area contributed by atoms with Crippen LogP contribution in [0, 0.1) is 0 Å². The SMILES string of the molecule is NNc1ncnc(NCc2ccoc2)c1Br. The Morgan fingerprint density at radius 3 is 2.88 bits per heavy atom. The number of rotatable bonds is 4. The Labute approximate surface area is 100 Å². The fraction of sp³-hybridized carbons (Fsp3) is 0.111. The van der Waals surface area contributed by atoms with Crippen molar-refractivity contribution in [3.8, 4) is 0 Å². The molecular formula is C9H10BrN5O. The van der Waals surface area contributed by atoms with Crippen molar-refractivity contribution in [2.24, 2.45) is 5.84 Å². The Hall–Kier alpha value is -1.60. The largest absolute Gasteiger partial charge is 0.472 e. The fourth-order valence-corrected chi connectivity index (χ4v) is 1.63. The van der Waals surface area contributed by atoms with Crippen molar-refractivity contribution in [3.05, 3.63) is 35.0 Å². The molecule has 0 unspecified atom stereocenters. The Morgan fingerprint density at radius 2 is 2.19 bits per heavy atom. The number of hydrazine groups is 1. The van der Waals surface area contributed by atoms with Gasteiger partial charge in [0.15, 0.2) is 5.82 Å². The molecule has 0 saturated heterocycles. The van der Waals surface area contributed by atoms with Gasteiger partial charge in [-0.1, -0.05) is 0 Å². The van der Waals surface area contributed by atoms with E-state index in [0.29, 0.717) is 22.7 Å². The Morgan fingerprint density at radius 1 is 1.38 bits per heavy atom. The molecule has 84 valence electrons. The quantitative estimate of drug-likeness (QED) is 0.585. The minimum atomic E-state index is 0.532. The number of hydrogen-bond donors (Lipinski definition) is 3. The molecular weight excluding hydrogens is 274 g/mol. The van der Waals surface area contributed by atoms with E-state index < -0.39 is 0 Å². The van der Waals surface area contributed by atoms with E-state index in [4.69, 9.17) is 10.3 Å². The average Bonchev–Trinajstić information content (AvgIpc) is 2.81. The van der Waals surface area contributed by atoms with Crippen LogP contribution < -0.4 is 16.6 Å². The maximum Gasteiger partial charge on any atom is 0.159 e. The number of anilines is 2. The summed E-state index contributed by atoms with van der Waals surface area (Å²) in [7, 11) is 0. The summed E-state index contributed by atoms with van der Waals surface area (Å²) in [5.41, 5.74) is 3.51. The second kappa shape index (κ2) is 4.95. The number of halogens is 1. The molecule has 0 amide bonds. The molecule has 6 nitrogen and oxygen atoms in total. The maximum atomic E-state index is 5.30. The summed E-state index contributed by atoms with van der Waals surface area (Å²) >= 11 is 3.35. The molecule has 2 rings (SSSR count). The van der Waals surface area contributed by atoms with E-state index in [2.05, 4.69) is 36.6 Å². The molecule has 0 aromatic carbocycles. The summed E-state index contributed by atoms with van der Waals surface area (Å²) in [6.45, 7) is 0.621. The third-order valence-electron chi connectivity index (χ3n) is 1.97. The van der Waals surface area contributed by atoms with Crippen LogP contribution in [0.15, 0.2) is 33.8 Å². The fourth-order valence-electron chi connectivity index (χ4n) is 1.17. The number of aromatic nitrogens is 2. The third-order valence-corrected chi connectivity index (χ3v) is 2.72. The number of nitrogens with two attached hydrogens (primary N) is 1. The zero-order valence-electron chi connectivity index (χ0n) is 8.27. The van der Waals surface area contributed by atoms with E-state index >= 15 is 0 Å². The highest BCUT2D eigenvalue weighted by molar-refractivity contribution is 9.10. The van der Waals surface area contributed by atoms with Crippen LogP contribution in [-0.4, -0.2) is 9.97 Å². The van der Waals surface area contributed by atoms with Crippen molar-refractivity contribution in [1.29, 1.82) is 0 Å². The summed E-state index contributed by atoms with van der Waals surface area (Å²) < 4.78 is 5.66. The second-order valence-electron chi connectivity index (χ2n) is 3.01. The van der Waals surface area contributed by atoms with Crippen molar-refractivity contribution in [1.82, 2.24) is 9.97 Å². The van der Waals surface area contributed by atoms with Gasteiger partial charge in [0.25, 0.3) is 0 Å². The van der Waals surface area contributed by atoms with Crippen molar-refractivity contribution in [3.63, 3.8) is 0 Å². The topological polar surface area (TPSA) is 89.0 Å². The van der Waals surface area contributed by atoms with Crippen molar-refractivity contribution in [2.75, 3.05) is 10.7 Å². The van der Waals surface area contributed by atoms with Gasteiger partial charge >= 0.3 is 0 Å². The first-order chi connectivity index (χ1) is 7.81. The maximum absolute atomic E-state index is 5.30. The Bertz CT molecular complexity index is 459. The molecule has 2 heterocycles. The average molecular weight is 284 g/mol. The number of nitrogens with zero attached hydrogens (tertiary/aromatic N) is 2. The van der Waals surface area contributed by atoms with E-state index in [1.807, 2.05) is 6.07 Å². The zero-order valence-corrected chi connectivity index (χ0v) is 9.86. The number of nitrogens with one attached hydrogen (secondary N) is 2. The van der Waals surface area contributed by atoms with Gasteiger partial charge in [-0.25, -0.2) is 15.8 Å². The van der Waals surface area contributed by atoms with E-state index in [9.17, 15) is 0 Å². The molecule has 16 heavy (non-hydrogen) atoms. The zero-order chi connectivity index (χ0) is 11.4. The van der Waals surface area contributed by atoms with Crippen LogP contribution in [-0.2, 0) is 6.54 Å². The van der Waals surface area contributed by atoms with Gasteiger partial charge in [0, 0.05) is 12.1 Å². The molecule has 2 aromatic heterocycles. The van der Waals surface area contributed by atoms with Crippen molar-refractivity contribution >= 4 is 27.6 Å². The Kier molecular flexibility index (Phi) is 3.37. The van der Waals surface area contributed by atoms with Gasteiger partial charge in [-0.2, -0.15) is 0 Å². The molecule has 7 heteroatoms. The monoisotopic (exact) mass is 283 g/mol. The highest BCUT2D eigenvalue weighted by Crippen LogP contribution is 2.25. The van der Waals surface area contributed by atoms with Gasteiger partial charge < -0.3 is 15.2 Å². The predicted octanol–water partition coefficient (Wildman–Crippen LogP) is 1.73. The summed E-state index contributed by atoms with van der Waals surface area (Å²) in [6, 6.07) is 1.88. The molecule has 0 aliphatic rings. The number of nitrogen functional groups attached to an aromatic ring is 1. The molecule has 0 radical (unpaired) electrons. The standard InChI is InChI=1S/C9H10BrN5O/c10-7-8(13-5-14-9(7)15-11)12-3-6-1-2-16-4-6/h1-2,4-5H,3,11H2,(H2,12,13,14,15). The van der Waals surface area contributed by atoms with Gasteiger partial charge in [0.05, 0.1) is 12.5 Å². The molecule has 0 bridgehead atoms. The molecule has 2 aromatic rings. The second-order valence-corrected chi connectivity index (χ2v) is 3.81. The normalized spacial score (nSPS) is 10.1. The number of furan rings is 1. The van der Waals surface area contributed by atoms with Crippen molar-refractivity contribution in [2.45, 2.75) is 6.54 Å². The molecule has 0 aliphatic carbocycles. The summed E-state index contributed by atoms with van der Waals surface area (Å²) in [6.07, 6.45) is 4.72. The smallest absolute Gasteiger partial charge is 0.159 e. The lowest BCUT2D eigenvalue weighted by Gasteiger charge is -2.08. The first kappa shape index (κ1) is 10.9. The first-order valence-corrected chi connectivity index (χ1v) is 5.32. The molecule has 0 spiro atoms. The predicted molar refractivity (Wildman–Crippen MR) is 63.6 cm³/mol. The van der Waals surface area contributed by atoms with Gasteiger partial charge in [-0.3, -0.25) is 0 Å². The minimum Gasteiger partial charge on any atom is -0.472 e. The summed E-state index contributed by atoms with van der Waals surface area (Å²) in [5, 5.41) is 3.14. The lowest BCUT2D eigenvalue weighted by molar-refractivity contribution is 0.564. The van der Waals surface area contributed by atoms with Gasteiger partial charge in [0.2, 0.25) is 0 Å². The van der Waals surface area contributed by atoms with Crippen LogP contribution in [0.4, 0.5) is 11.6 Å². The number of hydrogen-bond acceptors (Lipinski definition) is 6. The first-order valence-electron chi connectivity index (χ1n) is 4.53. The molecule has 0 fully saturated rings. The summed E-state index contributed by atoms with van der Waals surface area (Å²) in [5.74, 6) is 6.50. The molecule has 0 aliphatic heterocycles. The van der Waals surface area contributed by atoms with Crippen LogP contribution in [0.2, 0.25) is 0 Å². The highest BCUT2D eigenvalue weighted by atomic mass is 79.9. The van der Waals surface area contributed by atoms with Gasteiger partial charge in [-0.15, -0.1) is 0 Å². The van der Waals surface area contributed by atoms with E-state index in [0.717, 1.165) is 5.56 Å². The van der Waals surface area contributed by atoms with Crippen LogP contribution in [0.5, 0.6) is 0 Å². The highest BCUT2D eigenvalue weighted by Gasteiger charge is 2.07. The lowest BCUT2D eigenvalue weighted by Crippen LogP contribution is -2.11. The molecule has 0 atom stereocenters. The minimum absolute atomic E-state index is 0.532. The van der Waals surface area contributed by atoms with E-state index in [1.54, 1.807) is 12.5 Å². The van der Waals surface area contributed by atoms with E-state index in [1.165, 1.54) is 6.33 Å². The Balaban J connectivity index is 2.09. The van der Waals surface area contributed by atoms with Gasteiger partial charge in [-0.05, 0) is 22.0 Å². The molecule has 0 saturated carbocycles.